The van der Waals surface area contributed by atoms with Crippen molar-refractivity contribution in [3.8, 4) is 0 Å². The minimum Gasteiger partial charge on any atom is -0.481 e. The van der Waals surface area contributed by atoms with Crippen molar-refractivity contribution in [3.05, 3.63) is 29.8 Å². The summed E-state index contributed by atoms with van der Waals surface area (Å²) in [5, 5.41) is 12.6. The fourth-order valence-electron chi connectivity index (χ4n) is 3.33. The molecule has 0 saturated carbocycles. The molecule has 3 rings (SSSR count). The molecule has 2 unspecified atom stereocenters. The van der Waals surface area contributed by atoms with Crippen LogP contribution in [0.2, 0.25) is 0 Å². The molecular formula is C16H20N2O3. The molecule has 5 nitrogen and oxygen atoms in total. The Morgan fingerprint density at radius 1 is 1.38 bits per heavy atom. The van der Waals surface area contributed by atoms with Crippen molar-refractivity contribution in [2.24, 2.45) is 5.92 Å². The van der Waals surface area contributed by atoms with Crippen LogP contribution in [0, 0.1) is 5.92 Å². The van der Waals surface area contributed by atoms with Crippen LogP contribution in [-0.2, 0) is 16.0 Å². The summed E-state index contributed by atoms with van der Waals surface area (Å²) in [7, 11) is 0. The van der Waals surface area contributed by atoms with E-state index in [-0.39, 0.29) is 12.5 Å². The predicted molar refractivity (Wildman–Crippen MR) is 79.3 cm³/mol. The van der Waals surface area contributed by atoms with Gasteiger partial charge in [0.1, 0.15) is 0 Å². The van der Waals surface area contributed by atoms with E-state index in [0.29, 0.717) is 6.42 Å². The van der Waals surface area contributed by atoms with E-state index in [4.69, 9.17) is 0 Å². The molecule has 5 heteroatoms. The Balaban J connectivity index is 1.96. The van der Waals surface area contributed by atoms with Gasteiger partial charge in [0.25, 0.3) is 0 Å². The van der Waals surface area contributed by atoms with E-state index in [1.165, 1.54) is 0 Å². The summed E-state index contributed by atoms with van der Waals surface area (Å²) in [6.45, 7) is 3.00. The van der Waals surface area contributed by atoms with Crippen molar-refractivity contribution >= 4 is 17.6 Å². The van der Waals surface area contributed by atoms with E-state index < -0.39 is 17.4 Å². The van der Waals surface area contributed by atoms with E-state index in [1.54, 1.807) is 4.90 Å². The first-order valence-corrected chi connectivity index (χ1v) is 7.39. The Morgan fingerprint density at radius 2 is 2.14 bits per heavy atom. The second-order valence-corrected chi connectivity index (χ2v) is 6.15. The van der Waals surface area contributed by atoms with Gasteiger partial charge in [-0.15, -0.1) is 0 Å². The Bertz CT molecular complexity index is 579. The van der Waals surface area contributed by atoms with Gasteiger partial charge in [0.05, 0.1) is 11.5 Å². The van der Waals surface area contributed by atoms with Gasteiger partial charge in [-0.2, -0.15) is 0 Å². The smallest absolute Gasteiger partial charge is 0.308 e. The lowest BCUT2D eigenvalue weighted by Gasteiger charge is -2.37. The molecule has 2 aliphatic heterocycles. The first-order chi connectivity index (χ1) is 10.0. The number of amides is 1. The maximum atomic E-state index is 12.9. The van der Waals surface area contributed by atoms with Crippen LogP contribution in [0.1, 0.15) is 25.3 Å². The van der Waals surface area contributed by atoms with Gasteiger partial charge in [0.15, 0.2) is 0 Å². The molecule has 2 aliphatic rings. The first-order valence-electron chi connectivity index (χ1n) is 7.39. The number of rotatable bonds is 2. The zero-order valence-corrected chi connectivity index (χ0v) is 12.1. The molecule has 0 bridgehead atoms. The number of nitrogens with zero attached hydrogens (tertiary/aromatic N) is 1. The molecule has 112 valence electrons. The second-order valence-electron chi connectivity index (χ2n) is 6.15. The molecule has 0 radical (unpaired) electrons. The molecule has 0 aliphatic carbocycles. The predicted octanol–water partition coefficient (Wildman–Crippen LogP) is 1.42. The number of carboxylic acid groups (broad SMARTS) is 1. The lowest BCUT2D eigenvalue weighted by molar-refractivity contribution is -0.141. The number of nitrogens with one attached hydrogen (secondary N) is 1. The van der Waals surface area contributed by atoms with Crippen LogP contribution in [0.5, 0.6) is 0 Å². The summed E-state index contributed by atoms with van der Waals surface area (Å²) in [5.74, 6) is -1.39. The van der Waals surface area contributed by atoms with E-state index in [1.807, 2.05) is 31.2 Å². The number of benzene rings is 1. The van der Waals surface area contributed by atoms with Crippen LogP contribution in [0.15, 0.2) is 24.3 Å². The number of carbonyl (C=O) groups is 2. The third kappa shape index (κ3) is 2.42. The molecular weight excluding hydrogens is 268 g/mol. The molecule has 21 heavy (non-hydrogen) atoms. The zero-order valence-electron chi connectivity index (χ0n) is 12.1. The number of hydrogen-bond acceptors (Lipinski definition) is 3. The third-order valence-corrected chi connectivity index (χ3v) is 4.59. The number of fused-ring (bicyclic) bond motifs is 1. The maximum absolute atomic E-state index is 12.9. The zero-order chi connectivity index (χ0) is 15.0. The fourth-order valence-corrected chi connectivity index (χ4v) is 3.33. The van der Waals surface area contributed by atoms with Crippen molar-refractivity contribution < 1.29 is 14.7 Å². The molecule has 1 fully saturated rings. The Hall–Kier alpha value is -1.88. The minimum absolute atomic E-state index is 0.0154. The normalized spacial score (nSPS) is 28.2. The Morgan fingerprint density at radius 3 is 2.81 bits per heavy atom. The number of hydrogen-bond donors (Lipinski definition) is 2. The Labute approximate surface area is 123 Å². The van der Waals surface area contributed by atoms with Crippen molar-refractivity contribution in [1.82, 2.24) is 5.32 Å². The molecule has 2 heterocycles. The van der Waals surface area contributed by atoms with Crippen LogP contribution in [-0.4, -0.2) is 35.6 Å². The maximum Gasteiger partial charge on any atom is 0.308 e. The lowest BCUT2D eigenvalue weighted by atomic mass is 9.90. The Kier molecular flexibility index (Phi) is 3.45. The van der Waals surface area contributed by atoms with Crippen LogP contribution in [0.3, 0.4) is 0 Å². The summed E-state index contributed by atoms with van der Waals surface area (Å²) >= 11 is 0. The van der Waals surface area contributed by atoms with E-state index in [9.17, 15) is 14.7 Å². The van der Waals surface area contributed by atoms with Crippen molar-refractivity contribution in [3.63, 3.8) is 0 Å². The van der Waals surface area contributed by atoms with Crippen LogP contribution in [0.4, 0.5) is 5.69 Å². The molecule has 1 aromatic rings. The minimum atomic E-state index is -0.841. The number of carbonyl (C=O) groups excluding carboxylic acids is 1. The second kappa shape index (κ2) is 5.15. The highest BCUT2D eigenvalue weighted by Crippen LogP contribution is 2.33. The van der Waals surface area contributed by atoms with Gasteiger partial charge in [-0.05, 0) is 44.4 Å². The monoisotopic (exact) mass is 288 g/mol. The summed E-state index contributed by atoms with van der Waals surface area (Å²) in [4.78, 5) is 26.0. The number of aliphatic carboxylic acids is 1. The quantitative estimate of drug-likeness (QED) is 0.863. The summed E-state index contributed by atoms with van der Waals surface area (Å²) < 4.78 is 0. The van der Waals surface area contributed by atoms with Gasteiger partial charge in [-0.1, -0.05) is 18.2 Å². The molecule has 1 amide bonds. The standard InChI is InChI=1S/C16H20N2O3/c1-16(7-4-8-17-16)15(21)18-10-12(14(19)20)9-11-5-2-3-6-13(11)18/h2-3,5-6,12,17H,4,7-10H2,1H3,(H,19,20). The molecule has 1 saturated heterocycles. The highest BCUT2D eigenvalue weighted by atomic mass is 16.4. The highest BCUT2D eigenvalue weighted by molar-refractivity contribution is 6.01. The summed E-state index contributed by atoms with van der Waals surface area (Å²) in [6, 6.07) is 7.60. The summed E-state index contributed by atoms with van der Waals surface area (Å²) in [5.41, 5.74) is 1.22. The average molecular weight is 288 g/mol. The highest BCUT2D eigenvalue weighted by Gasteiger charge is 2.42. The van der Waals surface area contributed by atoms with E-state index in [0.717, 1.165) is 30.6 Å². The molecule has 1 aromatic carbocycles. The molecule has 2 N–H and O–H groups in total. The van der Waals surface area contributed by atoms with E-state index >= 15 is 0 Å². The molecule has 0 spiro atoms. The van der Waals surface area contributed by atoms with Crippen molar-refractivity contribution in [2.45, 2.75) is 31.7 Å². The topological polar surface area (TPSA) is 69.6 Å². The SMILES string of the molecule is CC1(C(=O)N2CC(C(=O)O)Cc3ccccc32)CCCN1. The van der Waals surface area contributed by atoms with E-state index in [2.05, 4.69) is 5.32 Å². The van der Waals surface area contributed by atoms with Gasteiger partial charge in [-0.3, -0.25) is 9.59 Å². The molecule has 0 aromatic heterocycles. The van der Waals surface area contributed by atoms with Crippen LogP contribution < -0.4 is 10.2 Å². The fraction of sp³-hybridized carbons (Fsp3) is 0.500. The first kappa shape index (κ1) is 14.1. The number of carboxylic acids is 1. The third-order valence-electron chi connectivity index (χ3n) is 4.59. The number of anilines is 1. The van der Waals surface area contributed by atoms with Crippen LogP contribution >= 0.6 is 0 Å². The summed E-state index contributed by atoms with van der Waals surface area (Å²) in [6.07, 6.45) is 2.25. The van der Waals surface area contributed by atoms with Crippen LogP contribution in [0.25, 0.3) is 0 Å². The van der Waals surface area contributed by atoms with Gasteiger partial charge < -0.3 is 15.3 Å². The van der Waals surface area contributed by atoms with Crippen molar-refractivity contribution in [1.29, 1.82) is 0 Å². The average Bonchev–Trinajstić information content (AvgIpc) is 2.93. The molecule has 2 atom stereocenters. The van der Waals surface area contributed by atoms with Crippen molar-refractivity contribution in [2.75, 3.05) is 18.0 Å². The van der Waals surface area contributed by atoms with Gasteiger partial charge in [-0.25, -0.2) is 0 Å². The largest absolute Gasteiger partial charge is 0.481 e. The lowest BCUT2D eigenvalue weighted by Crippen LogP contribution is -2.56. The van der Waals surface area contributed by atoms with Gasteiger partial charge in [0, 0.05) is 12.2 Å². The number of para-hydroxylation sites is 1. The van der Waals surface area contributed by atoms with Gasteiger partial charge in [0.2, 0.25) is 5.91 Å². The van der Waals surface area contributed by atoms with Gasteiger partial charge >= 0.3 is 5.97 Å².